The van der Waals surface area contributed by atoms with E-state index in [-0.39, 0.29) is 17.9 Å². The summed E-state index contributed by atoms with van der Waals surface area (Å²) in [4.78, 5) is 18.2. The van der Waals surface area contributed by atoms with Gasteiger partial charge in [0, 0.05) is 31.2 Å². The fraction of sp³-hybridized carbons (Fsp3) is 0.571. The first-order valence-electron chi connectivity index (χ1n) is 6.83. The molecule has 4 nitrogen and oxygen atoms in total. The molecule has 1 fully saturated rings. The predicted molar refractivity (Wildman–Crippen MR) is 82.3 cm³/mol. The predicted octanol–water partition coefficient (Wildman–Crippen LogP) is 3.45. The maximum absolute atomic E-state index is 12.0. The molecule has 1 aliphatic heterocycles. The van der Waals surface area contributed by atoms with Crippen LogP contribution < -0.4 is 5.32 Å². The van der Waals surface area contributed by atoms with E-state index in [9.17, 15) is 4.79 Å². The van der Waals surface area contributed by atoms with E-state index < -0.39 is 0 Å². The van der Waals surface area contributed by atoms with Crippen molar-refractivity contribution in [2.45, 2.75) is 32.7 Å². The molecule has 110 valence electrons. The minimum absolute atomic E-state index is 0.0333. The first-order chi connectivity index (χ1) is 9.47. The summed E-state index contributed by atoms with van der Waals surface area (Å²) in [5.41, 5.74) is 0. The van der Waals surface area contributed by atoms with Gasteiger partial charge in [0.1, 0.15) is 5.82 Å². The number of nitrogens with zero attached hydrogens (tertiary/aromatic N) is 2. The van der Waals surface area contributed by atoms with Gasteiger partial charge < -0.3 is 10.2 Å². The smallest absolute Gasteiger partial charge is 0.225 e. The van der Waals surface area contributed by atoms with E-state index in [2.05, 4.69) is 10.3 Å². The monoisotopic (exact) mass is 315 g/mol. The van der Waals surface area contributed by atoms with Gasteiger partial charge in [-0.15, -0.1) is 0 Å². The van der Waals surface area contributed by atoms with E-state index >= 15 is 0 Å². The summed E-state index contributed by atoms with van der Waals surface area (Å²) < 4.78 is 0. The molecule has 6 heteroatoms. The average molecular weight is 316 g/mol. The Hall–Kier alpha value is -1.000. The van der Waals surface area contributed by atoms with Gasteiger partial charge in [0.15, 0.2) is 0 Å². The Morgan fingerprint density at radius 3 is 2.90 bits per heavy atom. The summed E-state index contributed by atoms with van der Waals surface area (Å²) >= 11 is 11.9. The lowest BCUT2D eigenvalue weighted by atomic mass is 10.0. The number of aromatic nitrogens is 1. The molecule has 1 amide bonds. The summed E-state index contributed by atoms with van der Waals surface area (Å²) in [7, 11) is 0. The van der Waals surface area contributed by atoms with Gasteiger partial charge in [-0.25, -0.2) is 4.98 Å². The molecule has 2 heterocycles. The molecule has 0 spiro atoms. The number of carbonyl (C=O) groups is 1. The van der Waals surface area contributed by atoms with E-state index in [0.717, 1.165) is 19.4 Å². The summed E-state index contributed by atoms with van der Waals surface area (Å²) in [5.74, 6) is 0.859. The Bertz CT molecular complexity index is 493. The fourth-order valence-corrected chi connectivity index (χ4v) is 2.81. The van der Waals surface area contributed by atoms with Gasteiger partial charge in [-0.3, -0.25) is 4.79 Å². The van der Waals surface area contributed by atoms with Crippen molar-refractivity contribution < 1.29 is 4.79 Å². The number of halogens is 2. The van der Waals surface area contributed by atoms with Gasteiger partial charge in [0.25, 0.3) is 0 Å². The van der Waals surface area contributed by atoms with Crippen molar-refractivity contribution in [3.8, 4) is 0 Å². The molecule has 1 N–H and O–H groups in total. The highest BCUT2D eigenvalue weighted by Gasteiger charge is 2.25. The molecule has 20 heavy (non-hydrogen) atoms. The Morgan fingerprint density at radius 1 is 1.50 bits per heavy atom. The number of nitrogens with one attached hydrogen (secondary N) is 1. The number of anilines is 1. The van der Waals surface area contributed by atoms with E-state index in [0.29, 0.717) is 22.4 Å². The average Bonchev–Trinajstić information content (AvgIpc) is 2.41. The third-order valence-corrected chi connectivity index (χ3v) is 3.87. The van der Waals surface area contributed by atoms with Crippen molar-refractivity contribution in [2.75, 3.05) is 18.4 Å². The van der Waals surface area contributed by atoms with Crippen LogP contribution in [0.5, 0.6) is 0 Å². The number of pyridine rings is 1. The van der Waals surface area contributed by atoms with Crippen LogP contribution in [-0.4, -0.2) is 34.9 Å². The van der Waals surface area contributed by atoms with Gasteiger partial charge in [-0.1, -0.05) is 37.0 Å². The number of piperidine rings is 1. The lowest BCUT2D eigenvalue weighted by Crippen LogP contribution is -2.46. The van der Waals surface area contributed by atoms with Gasteiger partial charge in [0.2, 0.25) is 5.91 Å². The van der Waals surface area contributed by atoms with Crippen LogP contribution in [0.25, 0.3) is 0 Å². The van der Waals surface area contributed by atoms with Crippen molar-refractivity contribution in [1.82, 2.24) is 9.88 Å². The molecule has 2 rings (SSSR count). The quantitative estimate of drug-likeness (QED) is 0.929. The molecule has 1 saturated heterocycles. The Labute approximate surface area is 129 Å². The molecule has 1 aromatic heterocycles. The first-order valence-corrected chi connectivity index (χ1v) is 7.59. The molecule has 0 aromatic carbocycles. The van der Waals surface area contributed by atoms with Gasteiger partial charge in [0.05, 0.1) is 10.0 Å². The maximum Gasteiger partial charge on any atom is 0.225 e. The minimum Gasteiger partial charge on any atom is -0.364 e. The van der Waals surface area contributed by atoms with Crippen LogP contribution in [0.4, 0.5) is 5.82 Å². The highest BCUT2D eigenvalue weighted by atomic mass is 35.5. The Morgan fingerprint density at radius 2 is 2.25 bits per heavy atom. The van der Waals surface area contributed by atoms with E-state index in [1.54, 1.807) is 12.3 Å². The Kier molecular flexibility index (Phi) is 5.11. The Balaban J connectivity index is 2.01. The third-order valence-electron chi connectivity index (χ3n) is 3.38. The van der Waals surface area contributed by atoms with Crippen LogP contribution in [-0.2, 0) is 4.79 Å². The highest BCUT2D eigenvalue weighted by Crippen LogP contribution is 2.25. The highest BCUT2D eigenvalue weighted by molar-refractivity contribution is 6.35. The number of hydrogen-bond donors (Lipinski definition) is 1. The maximum atomic E-state index is 12.0. The number of carbonyl (C=O) groups excluding carboxylic acids is 1. The van der Waals surface area contributed by atoms with Gasteiger partial charge in [-0.05, 0) is 18.9 Å². The van der Waals surface area contributed by atoms with Crippen LogP contribution in [0, 0.1) is 5.92 Å². The zero-order chi connectivity index (χ0) is 14.7. The second kappa shape index (κ2) is 6.64. The van der Waals surface area contributed by atoms with E-state index in [4.69, 9.17) is 23.2 Å². The standard InChI is InChI=1S/C14H19Cl2N3O/c1-9(2)14(20)19-5-3-4-11(8-19)18-13-12(16)6-10(15)7-17-13/h6-7,9,11H,3-5,8H2,1-2H3,(H,17,18). The summed E-state index contributed by atoms with van der Waals surface area (Å²) in [6, 6.07) is 1.84. The van der Waals surface area contributed by atoms with Gasteiger partial charge in [-0.2, -0.15) is 0 Å². The minimum atomic E-state index is 0.0333. The fourth-order valence-electron chi connectivity index (χ4n) is 2.37. The molecule has 1 aromatic rings. The van der Waals surface area contributed by atoms with Crippen LogP contribution in [0.2, 0.25) is 10.0 Å². The second-order valence-corrected chi connectivity index (χ2v) is 6.25. The van der Waals surface area contributed by atoms with Crippen LogP contribution >= 0.6 is 23.2 Å². The summed E-state index contributed by atoms with van der Waals surface area (Å²) in [6.45, 7) is 5.38. The zero-order valence-corrected chi connectivity index (χ0v) is 13.2. The first kappa shape index (κ1) is 15.4. The van der Waals surface area contributed by atoms with Gasteiger partial charge >= 0.3 is 0 Å². The number of hydrogen-bond acceptors (Lipinski definition) is 3. The number of likely N-dealkylation sites (tertiary alicyclic amines) is 1. The number of rotatable bonds is 3. The molecule has 1 unspecified atom stereocenters. The van der Waals surface area contributed by atoms with Crippen molar-refractivity contribution in [3.63, 3.8) is 0 Å². The normalized spacial score (nSPS) is 19.2. The molecule has 0 bridgehead atoms. The molecular formula is C14H19Cl2N3O. The van der Waals surface area contributed by atoms with Crippen molar-refractivity contribution >= 4 is 34.9 Å². The largest absolute Gasteiger partial charge is 0.364 e. The van der Waals surface area contributed by atoms with Crippen LogP contribution in [0.15, 0.2) is 12.3 Å². The SMILES string of the molecule is CC(C)C(=O)N1CCCC(Nc2ncc(Cl)cc2Cl)C1. The van der Waals surface area contributed by atoms with Crippen LogP contribution in [0.3, 0.4) is 0 Å². The lowest BCUT2D eigenvalue weighted by Gasteiger charge is -2.34. The molecule has 0 saturated carbocycles. The molecule has 0 aliphatic carbocycles. The van der Waals surface area contributed by atoms with Crippen molar-refractivity contribution in [3.05, 3.63) is 22.3 Å². The zero-order valence-electron chi connectivity index (χ0n) is 11.7. The number of amides is 1. The lowest BCUT2D eigenvalue weighted by molar-refractivity contribution is -0.135. The van der Waals surface area contributed by atoms with E-state index in [1.165, 1.54) is 0 Å². The molecule has 0 radical (unpaired) electrons. The topological polar surface area (TPSA) is 45.2 Å². The second-order valence-electron chi connectivity index (χ2n) is 5.41. The van der Waals surface area contributed by atoms with Crippen LogP contribution in [0.1, 0.15) is 26.7 Å². The summed E-state index contributed by atoms with van der Waals surface area (Å²) in [5, 5.41) is 4.32. The molecule has 1 atom stereocenters. The third kappa shape index (κ3) is 3.76. The van der Waals surface area contributed by atoms with Crippen molar-refractivity contribution in [2.24, 2.45) is 5.92 Å². The summed E-state index contributed by atoms with van der Waals surface area (Å²) in [6.07, 6.45) is 3.56. The molecule has 1 aliphatic rings. The van der Waals surface area contributed by atoms with Crippen molar-refractivity contribution in [1.29, 1.82) is 0 Å². The van der Waals surface area contributed by atoms with E-state index in [1.807, 2.05) is 18.7 Å². The molecular weight excluding hydrogens is 297 g/mol.